The van der Waals surface area contributed by atoms with Crippen molar-refractivity contribution >= 4 is 39.0 Å². The zero-order chi connectivity index (χ0) is 23.6. The number of anilines is 1. The van der Waals surface area contributed by atoms with Crippen LogP contribution in [0, 0.1) is 5.82 Å². The summed E-state index contributed by atoms with van der Waals surface area (Å²) in [6.07, 6.45) is 1.41. The van der Waals surface area contributed by atoms with Gasteiger partial charge in [-0.05, 0) is 49.2 Å². The van der Waals surface area contributed by atoms with Crippen molar-refractivity contribution in [2.45, 2.75) is 17.7 Å². The van der Waals surface area contributed by atoms with Gasteiger partial charge >= 0.3 is 0 Å². The molecule has 1 fully saturated rings. The highest BCUT2D eigenvalue weighted by molar-refractivity contribution is 7.89. The molecule has 0 unspecified atom stereocenters. The molecule has 0 atom stereocenters. The van der Waals surface area contributed by atoms with Gasteiger partial charge in [0.2, 0.25) is 10.0 Å². The lowest BCUT2D eigenvalue weighted by molar-refractivity contribution is 0.102. The van der Waals surface area contributed by atoms with Gasteiger partial charge in [0.25, 0.3) is 5.91 Å². The van der Waals surface area contributed by atoms with Crippen LogP contribution in [0.3, 0.4) is 0 Å². The third-order valence-electron chi connectivity index (χ3n) is 5.39. The fourth-order valence-corrected chi connectivity index (χ4v) is 5.44. The quantitative estimate of drug-likeness (QED) is 0.510. The summed E-state index contributed by atoms with van der Waals surface area (Å²) >= 11 is 6.07. The predicted molar refractivity (Wildman–Crippen MR) is 124 cm³/mol. The summed E-state index contributed by atoms with van der Waals surface area (Å²) in [5.74, 6) is -1.95. The van der Waals surface area contributed by atoms with Crippen molar-refractivity contribution in [1.82, 2.24) is 4.31 Å². The first-order chi connectivity index (χ1) is 15.8. The molecule has 9 heteroatoms. The number of carbonyl (C=O) groups excluding carboxylic acids is 2. The van der Waals surface area contributed by atoms with E-state index in [-0.39, 0.29) is 22.6 Å². The van der Waals surface area contributed by atoms with E-state index in [9.17, 15) is 22.4 Å². The molecular formula is C24H20ClFN2O4S. The van der Waals surface area contributed by atoms with E-state index in [1.54, 1.807) is 30.3 Å². The van der Waals surface area contributed by atoms with Gasteiger partial charge in [0.1, 0.15) is 10.7 Å². The van der Waals surface area contributed by atoms with E-state index in [1.165, 1.54) is 28.6 Å². The number of benzene rings is 3. The maximum atomic E-state index is 14.4. The van der Waals surface area contributed by atoms with Gasteiger partial charge < -0.3 is 5.32 Å². The standard InChI is InChI=1S/C24H20ClFN2O4S/c25-18-9-11-21(19(15-18)23(29)16-6-2-1-3-7-16)27-24(30)17-8-10-20(26)22(14-17)33(31,32)28-12-4-5-13-28/h1-3,6-11,14-15H,4-5,12-13H2,(H,27,30). The minimum absolute atomic E-state index is 0.0535. The van der Waals surface area contributed by atoms with Gasteiger partial charge in [-0.3, -0.25) is 9.59 Å². The molecule has 1 aliphatic heterocycles. The molecule has 3 aromatic carbocycles. The second-order valence-corrected chi connectivity index (χ2v) is 9.94. The van der Waals surface area contributed by atoms with E-state index in [2.05, 4.69) is 5.32 Å². The fraction of sp³-hybridized carbons (Fsp3) is 0.167. The highest BCUT2D eigenvalue weighted by Gasteiger charge is 2.30. The topological polar surface area (TPSA) is 83.5 Å². The third kappa shape index (κ3) is 4.83. The van der Waals surface area contributed by atoms with Crippen molar-refractivity contribution in [1.29, 1.82) is 0 Å². The molecule has 3 aromatic rings. The number of carbonyl (C=O) groups is 2. The van der Waals surface area contributed by atoms with E-state index in [1.807, 2.05) is 0 Å². The van der Waals surface area contributed by atoms with Crippen LogP contribution in [0.25, 0.3) is 0 Å². The zero-order valence-corrected chi connectivity index (χ0v) is 19.0. The van der Waals surface area contributed by atoms with Gasteiger partial charge in [-0.1, -0.05) is 41.9 Å². The smallest absolute Gasteiger partial charge is 0.255 e. The van der Waals surface area contributed by atoms with Crippen LogP contribution < -0.4 is 5.32 Å². The number of amides is 1. The first kappa shape index (κ1) is 23.1. The number of sulfonamides is 1. The highest BCUT2D eigenvalue weighted by atomic mass is 35.5. The molecule has 0 bridgehead atoms. The van der Waals surface area contributed by atoms with E-state index in [0.29, 0.717) is 36.5 Å². The van der Waals surface area contributed by atoms with Crippen LogP contribution in [0.1, 0.15) is 39.1 Å². The lowest BCUT2D eigenvalue weighted by atomic mass is 10.0. The number of nitrogens with one attached hydrogen (secondary N) is 1. The Bertz CT molecular complexity index is 1320. The first-order valence-electron chi connectivity index (χ1n) is 10.3. The van der Waals surface area contributed by atoms with Crippen molar-refractivity contribution in [3.63, 3.8) is 0 Å². The van der Waals surface area contributed by atoms with Gasteiger partial charge in [-0.25, -0.2) is 12.8 Å². The first-order valence-corrected chi connectivity index (χ1v) is 12.1. The van der Waals surface area contributed by atoms with Crippen molar-refractivity contribution in [2.75, 3.05) is 18.4 Å². The van der Waals surface area contributed by atoms with E-state index in [0.717, 1.165) is 12.1 Å². The molecule has 0 aromatic heterocycles. The van der Waals surface area contributed by atoms with Crippen molar-refractivity contribution < 1.29 is 22.4 Å². The number of rotatable bonds is 6. The van der Waals surface area contributed by atoms with Gasteiger partial charge in [0.15, 0.2) is 5.78 Å². The Balaban J connectivity index is 1.65. The van der Waals surface area contributed by atoms with Gasteiger partial charge in [0.05, 0.1) is 5.69 Å². The third-order valence-corrected chi connectivity index (χ3v) is 7.54. The average Bonchev–Trinajstić information content (AvgIpc) is 3.36. The molecular weight excluding hydrogens is 467 g/mol. The number of hydrogen-bond donors (Lipinski definition) is 1. The summed E-state index contributed by atoms with van der Waals surface area (Å²) in [4.78, 5) is 25.4. The molecule has 1 heterocycles. The average molecular weight is 487 g/mol. The largest absolute Gasteiger partial charge is 0.321 e. The minimum Gasteiger partial charge on any atom is -0.321 e. The number of nitrogens with zero attached hydrogens (tertiary/aromatic N) is 1. The molecule has 6 nitrogen and oxygen atoms in total. The Hall–Kier alpha value is -3.07. The van der Waals surface area contributed by atoms with Crippen LogP contribution in [0.2, 0.25) is 5.02 Å². The van der Waals surface area contributed by atoms with E-state index < -0.39 is 26.6 Å². The van der Waals surface area contributed by atoms with Crippen LogP contribution in [-0.2, 0) is 10.0 Å². The monoisotopic (exact) mass is 486 g/mol. The van der Waals surface area contributed by atoms with Crippen LogP contribution in [0.5, 0.6) is 0 Å². The van der Waals surface area contributed by atoms with Crippen molar-refractivity contribution in [2.24, 2.45) is 0 Å². The Morgan fingerprint density at radius 2 is 1.61 bits per heavy atom. The predicted octanol–water partition coefficient (Wildman–Crippen LogP) is 4.75. The Labute approximate surface area is 196 Å². The van der Waals surface area contributed by atoms with Gasteiger partial charge in [-0.15, -0.1) is 0 Å². The summed E-state index contributed by atoms with van der Waals surface area (Å²) < 4.78 is 41.3. The minimum atomic E-state index is -4.05. The summed E-state index contributed by atoms with van der Waals surface area (Å²) in [6, 6.07) is 16.1. The molecule has 0 aliphatic carbocycles. The number of hydrogen-bond acceptors (Lipinski definition) is 4. The number of halogens is 2. The van der Waals surface area contributed by atoms with Crippen LogP contribution in [0.4, 0.5) is 10.1 Å². The number of ketones is 1. The maximum Gasteiger partial charge on any atom is 0.255 e. The Kier molecular flexibility index (Phi) is 6.60. The van der Waals surface area contributed by atoms with Crippen LogP contribution in [-0.4, -0.2) is 37.5 Å². The molecule has 170 valence electrons. The lowest BCUT2D eigenvalue weighted by Gasteiger charge is -2.17. The second-order valence-electron chi connectivity index (χ2n) is 7.60. The molecule has 0 spiro atoms. The lowest BCUT2D eigenvalue weighted by Crippen LogP contribution is -2.29. The van der Waals surface area contributed by atoms with Gasteiger partial charge in [-0.2, -0.15) is 4.31 Å². The van der Waals surface area contributed by atoms with Crippen LogP contribution in [0.15, 0.2) is 71.6 Å². The van der Waals surface area contributed by atoms with Crippen molar-refractivity contribution in [3.05, 3.63) is 94.3 Å². The summed E-state index contributed by atoms with van der Waals surface area (Å²) in [5.41, 5.74) is 0.735. The van der Waals surface area contributed by atoms with Crippen molar-refractivity contribution in [3.8, 4) is 0 Å². The van der Waals surface area contributed by atoms with Gasteiger partial charge in [0, 0.05) is 34.8 Å². The maximum absolute atomic E-state index is 14.4. The molecule has 0 saturated carbocycles. The molecule has 4 rings (SSSR count). The fourth-order valence-electron chi connectivity index (χ4n) is 3.66. The highest BCUT2D eigenvalue weighted by Crippen LogP contribution is 2.27. The van der Waals surface area contributed by atoms with Crippen LogP contribution >= 0.6 is 11.6 Å². The molecule has 1 aliphatic rings. The molecule has 0 radical (unpaired) electrons. The molecule has 33 heavy (non-hydrogen) atoms. The molecule has 1 saturated heterocycles. The Morgan fingerprint density at radius 1 is 0.909 bits per heavy atom. The van der Waals surface area contributed by atoms with E-state index in [4.69, 9.17) is 11.6 Å². The SMILES string of the molecule is O=C(Nc1ccc(Cl)cc1C(=O)c1ccccc1)c1ccc(F)c(S(=O)(=O)N2CCCC2)c1. The Morgan fingerprint density at radius 3 is 2.30 bits per heavy atom. The molecule has 1 N–H and O–H groups in total. The van der Waals surface area contributed by atoms with E-state index >= 15 is 0 Å². The summed E-state index contributed by atoms with van der Waals surface area (Å²) in [5, 5.41) is 2.94. The summed E-state index contributed by atoms with van der Waals surface area (Å²) in [7, 11) is -4.05. The summed E-state index contributed by atoms with van der Waals surface area (Å²) in [6.45, 7) is 0.627. The second kappa shape index (κ2) is 9.43. The zero-order valence-electron chi connectivity index (χ0n) is 17.4. The molecule has 1 amide bonds. The normalized spacial score (nSPS) is 14.2.